The first-order chi connectivity index (χ1) is 14.7. The number of likely N-dealkylation sites (N-methyl/N-ethyl adjacent to an activating group) is 1. The van der Waals surface area contributed by atoms with Crippen LogP contribution in [0.1, 0.15) is 21.5 Å². The standard InChI is InChI=1S/C22H26N4O3S2/c1-17-7-9-20(10-8-17)31(28,29)24-22-26(13-14-30-22)16-18-5-4-6-19(15-18)21(27)23-11-12-25(2)3/h4-10,13-15H,11-12,16H2,1-3H3,(H,23,27). The molecule has 164 valence electrons. The van der Waals surface area contributed by atoms with Gasteiger partial charge >= 0.3 is 0 Å². The van der Waals surface area contributed by atoms with Crippen molar-refractivity contribution in [1.29, 1.82) is 0 Å². The van der Waals surface area contributed by atoms with Gasteiger partial charge < -0.3 is 14.8 Å². The maximum Gasteiger partial charge on any atom is 0.285 e. The number of nitrogens with one attached hydrogen (secondary N) is 1. The molecule has 3 rings (SSSR count). The second-order valence-corrected chi connectivity index (χ2v) is 9.93. The van der Waals surface area contributed by atoms with Crippen molar-refractivity contribution in [3.8, 4) is 0 Å². The number of aryl methyl sites for hydroxylation is 1. The molecule has 1 aromatic heterocycles. The number of aromatic nitrogens is 1. The third kappa shape index (κ3) is 6.36. The van der Waals surface area contributed by atoms with Gasteiger partial charge in [0.15, 0.2) is 0 Å². The summed E-state index contributed by atoms with van der Waals surface area (Å²) in [6.07, 6.45) is 1.79. The van der Waals surface area contributed by atoms with E-state index in [2.05, 4.69) is 9.71 Å². The SMILES string of the molecule is Cc1ccc(S(=O)(=O)N=c2sccn2Cc2cccc(C(=O)NCCN(C)C)c2)cc1. The molecule has 1 amide bonds. The summed E-state index contributed by atoms with van der Waals surface area (Å²) in [6, 6.07) is 13.9. The lowest BCUT2D eigenvalue weighted by Gasteiger charge is -2.11. The monoisotopic (exact) mass is 458 g/mol. The molecule has 0 fully saturated rings. The minimum Gasteiger partial charge on any atom is -0.351 e. The first-order valence-corrected chi connectivity index (χ1v) is 12.1. The van der Waals surface area contributed by atoms with Crippen LogP contribution in [0.5, 0.6) is 0 Å². The number of carbonyl (C=O) groups excluding carboxylic acids is 1. The highest BCUT2D eigenvalue weighted by Crippen LogP contribution is 2.13. The summed E-state index contributed by atoms with van der Waals surface area (Å²) in [6.45, 7) is 3.63. The zero-order valence-electron chi connectivity index (χ0n) is 17.8. The van der Waals surface area contributed by atoms with Gasteiger partial charge in [0, 0.05) is 36.8 Å². The molecule has 0 radical (unpaired) electrons. The summed E-state index contributed by atoms with van der Waals surface area (Å²) < 4.78 is 31.1. The Labute approximate surface area is 186 Å². The van der Waals surface area contributed by atoms with Gasteiger partial charge in [0.05, 0.1) is 4.90 Å². The second kappa shape index (κ2) is 10.0. The summed E-state index contributed by atoms with van der Waals surface area (Å²) in [7, 11) is 0.0946. The Morgan fingerprint density at radius 3 is 2.61 bits per heavy atom. The van der Waals surface area contributed by atoms with Crippen LogP contribution in [-0.2, 0) is 16.6 Å². The van der Waals surface area contributed by atoms with Crippen molar-refractivity contribution in [3.05, 3.63) is 81.6 Å². The fraction of sp³-hybridized carbons (Fsp3) is 0.273. The number of carbonyl (C=O) groups is 1. The molecule has 3 aromatic rings. The lowest BCUT2D eigenvalue weighted by molar-refractivity contribution is 0.0951. The summed E-state index contributed by atoms with van der Waals surface area (Å²) in [5.41, 5.74) is 2.43. The van der Waals surface area contributed by atoms with Crippen molar-refractivity contribution >= 4 is 27.3 Å². The number of hydrogen-bond acceptors (Lipinski definition) is 5. The van der Waals surface area contributed by atoms with Crippen LogP contribution in [0, 0.1) is 6.92 Å². The Morgan fingerprint density at radius 2 is 1.90 bits per heavy atom. The van der Waals surface area contributed by atoms with E-state index in [-0.39, 0.29) is 10.8 Å². The summed E-state index contributed by atoms with van der Waals surface area (Å²) in [5.74, 6) is -0.133. The van der Waals surface area contributed by atoms with Crippen LogP contribution in [0.2, 0.25) is 0 Å². The number of thiazole rings is 1. The van der Waals surface area contributed by atoms with Gasteiger partial charge in [0.2, 0.25) is 4.80 Å². The van der Waals surface area contributed by atoms with Crippen LogP contribution in [0.3, 0.4) is 0 Å². The number of nitrogens with zero attached hydrogens (tertiary/aromatic N) is 3. The molecule has 0 saturated heterocycles. The number of rotatable bonds is 8. The molecule has 0 aliphatic heterocycles. The predicted octanol–water partition coefficient (Wildman–Crippen LogP) is 2.49. The molecule has 0 atom stereocenters. The Kier molecular flexibility index (Phi) is 7.42. The fourth-order valence-corrected chi connectivity index (χ4v) is 4.81. The number of benzene rings is 2. The van der Waals surface area contributed by atoms with Crippen LogP contribution in [0.4, 0.5) is 0 Å². The summed E-state index contributed by atoms with van der Waals surface area (Å²) in [4.78, 5) is 14.9. The highest BCUT2D eigenvalue weighted by Gasteiger charge is 2.13. The zero-order chi connectivity index (χ0) is 22.4. The number of hydrogen-bond donors (Lipinski definition) is 1. The number of sulfonamides is 1. The third-order valence-electron chi connectivity index (χ3n) is 4.56. The van der Waals surface area contributed by atoms with Gasteiger partial charge in [-0.15, -0.1) is 15.7 Å². The minimum atomic E-state index is -3.81. The zero-order valence-corrected chi connectivity index (χ0v) is 19.4. The van der Waals surface area contributed by atoms with E-state index in [0.717, 1.165) is 17.7 Å². The summed E-state index contributed by atoms with van der Waals surface area (Å²) >= 11 is 1.25. The molecule has 9 heteroatoms. The molecular weight excluding hydrogens is 432 g/mol. The van der Waals surface area contributed by atoms with Crippen molar-refractivity contribution in [2.75, 3.05) is 27.2 Å². The molecule has 1 N–H and O–H groups in total. The Balaban J connectivity index is 1.80. The smallest absolute Gasteiger partial charge is 0.285 e. The second-order valence-electron chi connectivity index (χ2n) is 7.45. The molecule has 1 heterocycles. The molecular formula is C22H26N4O3S2. The first-order valence-electron chi connectivity index (χ1n) is 9.78. The molecule has 31 heavy (non-hydrogen) atoms. The Bertz CT molecular complexity index is 1210. The molecule has 7 nitrogen and oxygen atoms in total. The summed E-state index contributed by atoms with van der Waals surface area (Å²) in [5, 5.41) is 4.69. The average molecular weight is 459 g/mol. The van der Waals surface area contributed by atoms with Crippen LogP contribution in [-0.4, -0.2) is 51.0 Å². The Morgan fingerprint density at radius 1 is 1.16 bits per heavy atom. The van der Waals surface area contributed by atoms with Gasteiger partial charge in [-0.3, -0.25) is 4.79 Å². The van der Waals surface area contributed by atoms with Crippen molar-refractivity contribution in [1.82, 2.24) is 14.8 Å². The van der Waals surface area contributed by atoms with E-state index in [0.29, 0.717) is 23.5 Å². The lowest BCUT2D eigenvalue weighted by Crippen LogP contribution is -2.31. The third-order valence-corrected chi connectivity index (χ3v) is 6.75. The largest absolute Gasteiger partial charge is 0.351 e. The van der Waals surface area contributed by atoms with Crippen molar-refractivity contribution < 1.29 is 13.2 Å². The van der Waals surface area contributed by atoms with Crippen LogP contribution < -0.4 is 10.1 Å². The molecule has 0 unspecified atom stereocenters. The van der Waals surface area contributed by atoms with E-state index in [1.165, 1.54) is 11.3 Å². The van der Waals surface area contributed by atoms with E-state index in [4.69, 9.17) is 0 Å². The van der Waals surface area contributed by atoms with Gasteiger partial charge in [-0.25, -0.2) is 0 Å². The fourth-order valence-electron chi connectivity index (χ4n) is 2.86. The molecule has 0 saturated carbocycles. The van der Waals surface area contributed by atoms with Crippen molar-refractivity contribution in [2.45, 2.75) is 18.4 Å². The maximum absolute atomic E-state index is 12.7. The minimum absolute atomic E-state index is 0.133. The average Bonchev–Trinajstić information content (AvgIpc) is 3.14. The highest BCUT2D eigenvalue weighted by molar-refractivity contribution is 7.90. The van der Waals surface area contributed by atoms with Crippen LogP contribution in [0.25, 0.3) is 0 Å². The van der Waals surface area contributed by atoms with E-state index in [9.17, 15) is 13.2 Å². The van der Waals surface area contributed by atoms with Crippen LogP contribution >= 0.6 is 11.3 Å². The Hall–Kier alpha value is -2.75. The molecule has 0 aliphatic carbocycles. The van der Waals surface area contributed by atoms with Crippen molar-refractivity contribution in [2.24, 2.45) is 4.40 Å². The predicted molar refractivity (Wildman–Crippen MR) is 123 cm³/mol. The van der Waals surface area contributed by atoms with E-state index in [1.807, 2.05) is 44.1 Å². The van der Waals surface area contributed by atoms with Gasteiger partial charge in [0.1, 0.15) is 0 Å². The van der Waals surface area contributed by atoms with Crippen LogP contribution in [0.15, 0.2) is 69.4 Å². The van der Waals surface area contributed by atoms with E-state index < -0.39 is 10.0 Å². The quantitative estimate of drug-likeness (QED) is 0.562. The van der Waals surface area contributed by atoms with Gasteiger partial charge in [-0.2, -0.15) is 8.42 Å². The molecule has 2 aromatic carbocycles. The lowest BCUT2D eigenvalue weighted by atomic mass is 10.1. The normalized spacial score (nSPS) is 12.3. The number of amides is 1. The molecule has 0 bridgehead atoms. The van der Waals surface area contributed by atoms with Crippen molar-refractivity contribution in [3.63, 3.8) is 0 Å². The van der Waals surface area contributed by atoms with Gasteiger partial charge in [0.25, 0.3) is 15.9 Å². The highest BCUT2D eigenvalue weighted by atomic mass is 32.2. The van der Waals surface area contributed by atoms with Gasteiger partial charge in [-0.1, -0.05) is 29.8 Å². The van der Waals surface area contributed by atoms with E-state index in [1.54, 1.807) is 46.5 Å². The van der Waals surface area contributed by atoms with Gasteiger partial charge in [-0.05, 0) is 50.8 Å². The van der Waals surface area contributed by atoms with E-state index >= 15 is 0 Å². The topological polar surface area (TPSA) is 83.8 Å². The molecule has 0 aliphatic rings. The first kappa shape index (κ1) is 22.9. The maximum atomic E-state index is 12.7. The molecule has 0 spiro atoms.